The van der Waals surface area contributed by atoms with Crippen molar-refractivity contribution in [2.45, 2.75) is 70.5 Å². The quantitative estimate of drug-likeness (QED) is 0.271. The standard InChI is InChI=1S/C32H37ClN2O3/c1-24-17-19-28(20-18-24)38-21-9-16-31(36)35(23-26-12-5-8-15-29(26)33)30(22-25-10-3-2-4-11-25)32(37)34-27-13-6-7-14-27/h2-5,8,10-12,15,17-20,27,30H,6-7,9,13-14,16,21-23H2,1H3,(H,34,37). The Bertz CT molecular complexity index is 1180. The van der Waals surface area contributed by atoms with Crippen molar-refractivity contribution in [2.75, 3.05) is 6.61 Å². The molecule has 5 nitrogen and oxygen atoms in total. The van der Waals surface area contributed by atoms with Crippen molar-refractivity contribution < 1.29 is 14.3 Å². The Morgan fingerprint density at radius 2 is 1.66 bits per heavy atom. The van der Waals surface area contributed by atoms with Crippen LogP contribution in [0.3, 0.4) is 0 Å². The molecule has 200 valence electrons. The van der Waals surface area contributed by atoms with Crippen molar-refractivity contribution in [2.24, 2.45) is 0 Å². The first-order chi connectivity index (χ1) is 18.5. The maximum Gasteiger partial charge on any atom is 0.243 e. The second kappa shape index (κ2) is 14.0. The maximum atomic E-state index is 13.7. The van der Waals surface area contributed by atoms with E-state index < -0.39 is 6.04 Å². The van der Waals surface area contributed by atoms with Crippen LogP contribution in [-0.2, 0) is 22.6 Å². The van der Waals surface area contributed by atoms with Gasteiger partial charge in [-0.1, -0.05) is 90.7 Å². The van der Waals surface area contributed by atoms with Crippen LogP contribution in [0.25, 0.3) is 0 Å². The van der Waals surface area contributed by atoms with E-state index in [9.17, 15) is 9.59 Å². The lowest BCUT2D eigenvalue weighted by molar-refractivity contribution is -0.141. The number of benzene rings is 3. The largest absolute Gasteiger partial charge is 0.494 e. The highest BCUT2D eigenvalue weighted by Gasteiger charge is 2.32. The SMILES string of the molecule is Cc1ccc(OCCCC(=O)N(Cc2ccccc2Cl)C(Cc2ccccc2)C(=O)NC2CCCC2)cc1. The Balaban J connectivity index is 1.52. The molecular weight excluding hydrogens is 496 g/mol. The molecule has 1 fully saturated rings. The molecule has 1 aliphatic carbocycles. The smallest absolute Gasteiger partial charge is 0.243 e. The predicted octanol–water partition coefficient (Wildman–Crippen LogP) is 6.51. The lowest BCUT2D eigenvalue weighted by Gasteiger charge is -2.32. The molecule has 0 aromatic heterocycles. The second-order valence-corrected chi connectivity index (χ2v) is 10.5. The molecule has 38 heavy (non-hydrogen) atoms. The lowest BCUT2D eigenvalue weighted by atomic mass is 10.0. The predicted molar refractivity (Wildman–Crippen MR) is 152 cm³/mol. The van der Waals surface area contributed by atoms with Crippen LogP contribution in [0.5, 0.6) is 5.75 Å². The summed E-state index contributed by atoms with van der Waals surface area (Å²) in [5, 5.41) is 3.82. The van der Waals surface area contributed by atoms with E-state index in [1.165, 1.54) is 5.56 Å². The molecule has 0 radical (unpaired) electrons. The molecule has 0 heterocycles. The van der Waals surface area contributed by atoms with Crippen LogP contribution in [0.15, 0.2) is 78.9 Å². The van der Waals surface area contributed by atoms with Gasteiger partial charge in [0.05, 0.1) is 6.61 Å². The summed E-state index contributed by atoms with van der Waals surface area (Å²) in [6.45, 7) is 2.73. The van der Waals surface area contributed by atoms with Crippen molar-refractivity contribution in [1.29, 1.82) is 0 Å². The molecule has 2 amide bonds. The van der Waals surface area contributed by atoms with E-state index in [0.717, 1.165) is 42.6 Å². The van der Waals surface area contributed by atoms with Crippen molar-refractivity contribution in [3.05, 3.63) is 101 Å². The third kappa shape index (κ3) is 8.09. The molecule has 0 saturated heterocycles. The molecule has 0 spiro atoms. The Hall–Kier alpha value is -3.31. The Labute approximate surface area is 231 Å². The molecule has 1 N–H and O–H groups in total. The zero-order valence-corrected chi connectivity index (χ0v) is 22.8. The van der Waals surface area contributed by atoms with E-state index in [1.807, 2.05) is 85.8 Å². The normalized spacial score (nSPS) is 14.2. The highest BCUT2D eigenvalue weighted by molar-refractivity contribution is 6.31. The number of ether oxygens (including phenoxy) is 1. The number of rotatable bonds is 12. The van der Waals surface area contributed by atoms with E-state index in [0.29, 0.717) is 24.5 Å². The highest BCUT2D eigenvalue weighted by atomic mass is 35.5. The average molecular weight is 533 g/mol. The second-order valence-electron chi connectivity index (χ2n) is 10.1. The molecule has 0 bridgehead atoms. The average Bonchev–Trinajstić information content (AvgIpc) is 3.44. The Morgan fingerprint density at radius 1 is 0.974 bits per heavy atom. The molecule has 1 unspecified atom stereocenters. The number of hydrogen-bond donors (Lipinski definition) is 1. The van der Waals surface area contributed by atoms with E-state index in [1.54, 1.807) is 4.90 Å². The molecule has 4 rings (SSSR count). The minimum Gasteiger partial charge on any atom is -0.494 e. The first-order valence-electron chi connectivity index (χ1n) is 13.6. The number of halogens is 1. The third-order valence-electron chi connectivity index (χ3n) is 7.10. The van der Waals surface area contributed by atoms with Gasteiger partial charge in [0.2, 0.25) is 11.8 Å². The highest BCUT2D eigenvalue weighted by Crippen LogP contribution is 2.23. The summed E-state index contributed by atoms with van der Waals surface area (Å²) in [6, 6.07) is 24.8. The molecule has 0 aliphatic heterocycles. The fourth-order valence-corrected chi connectivity index (χ4v) is 5.12. The van der Waals surface area contributed by atoms with Crippen LogP contribution in [0, 0.1) is 6.92 Å². The van der Waals surface area contributed by atoms with Gasteiger partial charge in [-0.25, -0.2) is 0 Å². The van der Waals surface area contributed by atoms with E-state index in [2.05, 4.69) is 5.32 Å². The topological polar surface area (TPSA) is 58.6 Å². The number of carbonyl (C=O) groups excluding carboxylic acids is 2. The fraction of sp³-hybridized carbons (Fsp3) is 0.375. The lowest BCUT2D eigenvalue weighted by Crippen LogP contribution is -2.52. The van der Waals surface area contributed by atoms with Gasteiger partial charge in [-0.2, -0.15) is 0 Å². The summed E-state index contributed by atoms with van der Waals surface area (Å²) >= 11 is 6.50. The monoisotopic (exact) mass is 532 g/mol. The Morgan fingerprint density at radius 3 is 2.37 bits per heavy atom. The number of amides is 2. The Kier molecular flexibility index (Phi) is 10.2. The van der Waals surface area contributed by atoms with E-state index in [4.69, 9.17) is 16.3 Å². The molecule has 3 aromatic rings. The van der Waals surface area contributed by atoms with Crippen molar-refractivity contribution >= 4 is 23.4 Å². The van der Waals surface area contributed by atoms with Crippen LogP contribution >= 0.6 is 11.6 Å². The summed E-state index contributed by atoms with van der Waals surface area (Å²) < 4.78 is 5.85. The summed E-state index contributed by atoms with van der Waals surface area (Å²) in [6.07, 6.45) is 5.48. The number of aryl methyl sites for hydroxylation is 1. The zero-order chi connectivity index (χ0) is 26.7. The summed E-state index contributed by atoms with van der Waals surface area (Å²) in [7, 11) is 0. The van der Waals surface area contributed by atoms with Crippen molar-refractivity contribution in [1.82, 2.24) is 10.2 Å². The van der Waals surface area contributed by atoms with Crippen LogP contribution < -0.4 is 10.1 Å². The summed E-state index contributed by atoms with van der Waals surface area (Å²) in [5.74, 6) is 0.603. The number of carbonyl (C=O) groups is 2. The summed E-state index contributed by atoms with van der Waals surface area (Å²) in [4.78, 5) is 29.2. The van der Waals surface area contributed by atoms with Gasteiger partial charge >= 0.3 is 0 Å². The zero-order valence-electron chi connectivity index (χ0n) is 22.1. The van der Waals surface area contributed by atoms with Crippen molar-refractivity contribution in [3.63, 3.8) is 0 Å². The molecule has 1 saturated carbocycles. The maximum absolute atomic E-state index is 13.7. The number of nitrogens with one attached hydrogen (secondary N) is 1. The minimum atomic E-state index is -0.639. The molecule has 6 heteroatoms. The van der Waals surface area contributed by atoms with E-state index >= 15 is 0 Å². The van der Waals surface area contributed by atoms with Crippen LogP contribution in [0.2, 0.25) is 5.02 Å². The van der Waals surface area contributed by atoms with Crippen LogP contribution in [0.4, 0.5) is 0 Å². The van der Waals surface area contributed by atoms with Gasteiger partial charge in [-0.15, -0.1) is 0 Å². The van der Waals surface area contributed by atoms with Gasteiger partial charge in [0.25, 0.3) is 0 Å². The van der Waals surface area contributed by atoms with Gasteiger partial charge in [0, 0.05) is 30.5 Å². The van der Waals surface area contributed by atoms with Crippen LogP contribution in [-0.4, -0.2) is 35.4 Å². The van der Waals surface area contributed by atoms with Crippen LogP contribution in [0.1, 0.15) is 55.2 Å². The third-order valence-corrected chi connectivity index (χ3v) is 7.46. The fourth-order valence-electron chi connectivity index (χ4n) is 4.92. The summed E-state index contributed by atoms with van der Waals surface area (Å²) in [5.41, 5.74) is 3.01. The van der Waals surface area contributed by atoms with Gasteiger partial charge in [0.1, 0.15) is 11.8 Å². The van der Waals surface area contributed by atoms with Gasteiger partial charge in [-0.3, -0.25) is 9.59 Å². The first kappa shape index (κ1) is 27.7. The minimum absolute atomic E-state index is 0.0834. The molecule has 1 aliphatic rings. The van der Waals surface area contributed by atoms with Gasteiger partial charge in [0.15, 0.2) is 0 Å². The van der Waals surface area contributed by atoms with Crippen molar-refractivity contribution in [3.8, 4) is 5.75 Å². The number of hydrogen-bond acceptors (Lipinski definition) is 3. The number of nitrogens with zero attached hydrogens (tertiary/aromatic N) is 1. The van der Waals surface area contributed by atoms with E-state index in [-0.39, 0.29) is 30.8 Å². The molecular formula is C32H37ClN2O3. The molecule has 3 aromatic carbocycles. The van der Waals surface area contributed by atoms with Gasteiger partial charge in [-0.05, 0) is 55.5 Å². The molecule has 1 atom stereocenters. The van der Waals surface area contributed by atoms with Gasteiger partial charge < -0.3 is 15.0 Å². The first-order valence-corrected chi connectivity index (χ1v) is 13.9.